The molecule has 2 heterocycles. The molecule has 1 unspecified atom stereocenters. The van der Waals surface area contributed by atoms with E-state index in [0.29, 0.717) is 29.2 Å². The molecule has 0 bridgehead atoms. The molecule has 1 atom stereocenters. The molecule has 0 radical (unpaired) electrons. The Hall–Kier alpha value is -2.80. The van der Waals surface area contributed by atoms with Crippen molar-refractivity contribution in [3.8, 4) is 11.6 Å². The largest absolute Gasteiger partial charge is 0.461 e. The predicted molar refractivity (Wildman–Crippen MR) is 112 cm³/mol. The molecule has 0 aliphatic rings. The molecule has 28 heavy (non-hydrogen) atoms. The zero-order valence-corrected chi connectivity index (χ0v) is 17.1. The van der Waals surface area contributed by atoms with Crippen molar-refractivity contribution < 1.29 is 9.21 Å². The van der Waals surface area contributed by atoms with Crippen LogP contribution in [0.1, 0.15) is 32.3 Å². The van der Waals surface area contributed by atoms with Crippen molar-refractivity contribution in [2.24, 2.45) is 0 Å². The van der Waals surface area contributed by atoms with E-state index in [1.54, 1.807) is 18.4 Å². The van der Waals surface area contributed by atoms with Crippen LogP contribution in [0.15, 0.2) is 64.9 Å². The fourth-order valence-electron chi connectivity index (χ4n) is 2.82. The SMILES string of the molecule is C=CCn1c(SC(C)C(=O)Nc2ccccc2C(C)C)nnc1-c1ccco1. The van der Waals surface area contributed by atoms with Gasteiger partial charge in [0.05, 0.1) is 11.5 Å². The molecule has 0 saturated carbocycles. The van der Waals surface area contributed by atoms with Crippen molar-refractivity contribution >= 4 is 23.4 Å². The average molecular weight is 397 g/mol. The Kier molecular flexibility index (Phi) is 6.36. The first-order valence-corrected chi connectivity index (χ1v) is 10.0. The lowest BCUT2D eigenvalue weighted by Crippen LogP contribution is -2.23. The average Bonchev–Trinajstić information content (AvgIpc) is 3.33. The second-order valence-electron chi connectivity index (χ2n) is 6.67. The molecule has 7 heteroatoms. The molecule has 0 aliphatic heterocycles. The minimum Gasteiger partial charge on any atom is -0.461 e. The van der Waals surface area contributed by atoms with E-state index in [4.69, 9.17) is 4.42 Å². The summed E-state index contributed by atoms with van der Waals surface area (Å²) in [6.45, 7) is 10.4. The smallest absolute Gasteiger partial charge is 0.237 e. The van der Waals surface area contributed by atoms with E-state index < -0.39 is 0 Å². The van der Waals surface area contributed by atoms with Gasteiger partial charge in [-0.3, -0.25) is 9.36 Å². The zero-order valence-electron chi connectivity index (χ0n) is 16.3. The molecular formula is C21H24N4O2S. The summed E-state index contributed by atoms with van der Waals surface area (Å²) in [7, 11) is 0. The maximum absolute atomic E-state index is 12.8. The standard InChI is InChI=1S/C21H24N4O2S/c1-5-12-25-19(18-11-8-13-27-18)23-24-21(25)28-15(4)20(26)22-17-10-7-6-9-16(17)14(2)3/h5-11,13-15H,1,12H2,2-4H3,(H,22,26). The van der Waals surface area contributed by atoms with E-state index in [9.17, 15) is 4.79 Å². The van der Waals surface area contributed by atoms with Crippen molar-refractivity contribution in [3.05, 3.63) is 60.9 Å². The Morgan fingerprint density at radius 1 is 1.25 bits per heavy atom. The minimum atomic E-state index is -0.350. The summed E-state index contributed by atoms with van der Waals surface area (Å²) in [5, 5.41) is 11.8. The number of nitrogens with zero attached hydrogens (tertiary/aromatic N) is 3. The van der Waals surface area contributed by atoms with E-state index >= 15 is 0 Å². The fourth-order valence-corrected chi connectivity index (χ4v) is 3.68. The van der Waals surface area contributed by atoms with Gasteiger partial charge in [-0.15, -0.1) is 16.8 Å². The lowest BCUT2D eigenvalue weighted by Gasteiger charge is -2.16. The molecule has 0 saturated heterocycles. The molecule has 3 aromatic rings. The fraction of sp³-hybridized carbons (Fsp3) is 0.286. The summed E-state index contributed by atoms with van der Waals surface area (Å²) in [6, 6.07) is 11.5. The molecule has 1 aromatic carbocycles. The molecule has 0 spiro atoms. The van der Waals surface area contributed by atoms with Gasteiger partial charge < -0.3 is 9.73 Å². The number of benzene rings is 1. The van der Waals surface area contributed by atoms with Gasteiger partial charge in [-0.05, 0) is 36.6 Å². The van der Waals surface area contributed by atoms with Crippen LogP contribution in [0.2, 0.25) is 0 Å². The molecule has 1 N–H and O–H groups in total. The molecule has 146 valence electrons. The molecule has 0 fully saturated rings. The number of anilines is 1. The first-order chi connectivity index (χ1) is 13.5. The maximum atomic E-state index is 12.8. The molecule has 6 nitrogen and oxygen atoms in total. The van der Waals surface area contributed by atoms with E-state index in [1.165, 1.54) is 11.8 Å². The lowest BCUT2D eigenvalue weighted by molar-refractivity contribution is -0.115. The van der Waals surface area contributed by atoms with Crippen LogP contribution in [0.3, 0.4) is 0 Å². The Balaban J connectivity index is 1.77. The Morgan fingerprint density at radius 2 is 2.04 bits per heavy atom. The molecular weight excluding hydrogens is 372 g/mol. The number of carbonyl (C=O) groups excluding carboxylic acids is 1. The lowest BCUT2D eigenvalue weighted by atomic mass is 10.0. The number of para-hydroxylation sites is 1. The number of thioether (sulfide) groups is 1. The summed E-state index contributed by atoms with van der Waals surface area (Å²) in [5.74, 6) is 1.49. The highest BCUT2D eigenvalue weighted by molar-refractivity contribution is 8.00. The first kappa shape index (κ1) is 19.9. The normalized spacial score (nSPS) is 12.1. The highest BCUT2D eigenvalue weighted by Crippen LogP contribution is 2.29. The second kappa shape index (κ2) is 8.93. The molecule has 1 amide bonds. The van der Waals surface area contributed by atoms with Gasteiger partial charge in [-0.25, -0.2) is 0 Å². The maximum Gasteiger partial charge on any atom is 0.237 e. The van der Waals surface area contributed by atoms with Crippen molar-refractivity contribution in [1.82, 2.24) is 14.8 Å². The van der Waals surface area contributed by atoms with E-state index in [2.05, 4.69) is 35.9 Å². The van der Waals surface area contributed by atoms with Gasteiger partial charge in [-0.2, -0.15) is 0 Å². The van der Waals surface area contributed by atoms with Gasteiger partial charge >= 0.3 is 0 Å². The summed E-state index contributed by atoms with van der Waals surface area (Å²) >= 11 is 1.36. The van der Waals surface area contributed by atoms with Crippen LogP contribution in [0, 0.1) is 0 Å². The Bertz CT molecular complexity index is 947. The highest BCUT2D eigenvalue weighted by atomic mass is 32.2. The van der Waals surface area contributed by atoms with Crippen LogP contribution < -0.4 is 5.32 Å². The van der Waals surface area contributed by atoms with Gasteiger partial charge in [0.2, 0.25) is 11.7 Å². The number of hydrogen-bond donors (Lipinski definition) is 1. The van der Waals surface area contributed by atoms with Crippen molar-refractivity contribution in [1.29, 1.82) is 0 Å². The topological polar surface area (TPSA) is 73.0 Å². The third-order valence-corrected chi connectivity index (χ3v) is 5.34. The van der Waals surface area contributed by atoms with Gasteiger partial charge in [0.1, 0.15) is 0 Å². The minimum absolute atomic E-state index is 0.0780. The third kappa shape index (κ3) is 4.36. The number of amides is 1. The molecule has 3 rings (SSSR count). The van der Waals surface area contributed by atoms with Crippen LogP contribution in [0.4, 0.5) is 5.69 Å². The number of furan rings is 1. The number of rotatable bonds is 8. The Morgan fingerprint density at radius 3 is 2.71 bits per heavy atom. The summed E-state index contributed by atoms with van der Waals surface area (Å²) in [4.78, 5) is 12.8. The van der Waals surface area contributed by atoms with E-state index in [0.717, 1.165) is 11.3 Å². The van der Waals surface area contributed by atoms with Crippen LogP contribution >= 0.6 is 11.8 Å². The number of hydrogen-bond acceptors (Lipinski definition) is 5. The first-order valence-electron chi connectivity index (χ1n) is 9.15. The number of carbonyl (C=O) groups is 1. The van der Waals surface area contributed by atoms with Crippen molar-refractivity contribution in [3.63, 3.8) is 0 Å². The van der Waals surface area contributed by atoms with Crippen molar-refractivity contribution in [2.75, 3.05) is 5.32 Å². The summed E-state index contributed by atoms with van der Waals surface area (Å²) in [5.41, 5.74) is 1.96. The number of allylic oxidation sites excluding steroid dienone is 1. The van der Waals surface area contributed by atoms with Gasteiger partial charge in [0.15, 0.2) is 10.9 Å². The third-order valence-electron chi connectivity index (χ3n) is 4.26. The molecule has 0 aliphatic carbocycles. The summed E-state index contributed by atoms with van der Waals surface area (Å²) in [6.07, 6.45) is 3.36. The molecule has 2 aromatic heterocycles. The van der Waals surface area contributed by atoms with Crippen LogP contribution in [0.5, 0.6) is 0 Å². The predicted octanol–water partition coefficient (Wildman–Crippen LogP) is 4.97. The van der Waals surface area contributed by atoms with Gasteiger partial charge in [0, 0.05) is 12.2 Å². The quantitative estimate of drug-likeness (QED) is 0.430. The summed E-state index contributed by atoms with van der Waals surface area (Å²) < 4.78 is 7.33. The number of nitrogens with one attached hydrogen (secondary N) is 1. The van der Waals surface area contributed by atoms with E-state index in [1.807, 2.05) is 41.8 Å². The van der Waals surface area contributed by atoms with Gasteiger partial charge in [0.25, 0.3) is 0 Å². The van der Waals surface area contributed by atoms with Crippen LogP contribution in [-0.2, 0) is 11.3 Å². The monoisotopic (exact) mass is 396 g/mol. The van der Waals surface area contributed by atoms with Crippen LogP contribution in [0.25, 0.3) is 11.6 Å². The highest BCUT2D eigenvalue weighted by Gasteiger charge is 2.22. The van der Waals surface area contributed by atoms with Crippen molar-refractivity contribution in [2.45, 2.75) is 43.6 Å². The van der Waals surface area contributed by atoms with Gasteiger partial charge in [-0.1, -0.05) is 49.9 Å². The zero-order chi connectivity index (χ0) is 20.1. The van der Waals surface area contributed by atoms with E-state index in [-0.39, 0.29) is 11.2 Å². The Labute approximate surface area is 169 Å². The number of aromatic nitrogens is 3. The van der Waals surface area contributed by atoms with Crippen LogP contribution in [-0.4, -0.2) is 25.9 Å². The second-order valence-corrected chi connectivity index (χ2v) is 7.98.